The van der Waals surface area contributed by atoms with Gasteiger partial charge in [0.25, 0.3) is 0 Å². The van der Waals surface area contributed by atoms with E-state index in [1.165, 1.54) is 11.6 Å². The number of fused-ring (bicyclic) bond motifs is 1. The number of aromatic nitrogens is 3. The third-order valence-corrected chi connectivity index (χ3v) is 6.70. The van der Waals surface area contributed by atoms with Crippen molar-refractivity contribution in [3.05, 3.63) is 118 Å². The number of aryl methyl sites for hydroxylation is 2. The first-order chi connectivity index (χ1) is 18.9. The monoisotopic (exact) mass is 520 g/mol. The summed E-state index contributed by atoms with van der Waals surface area (Å²) in [5.41, 5.74) is 7.99. The summed E-state index contributed by atoms with van der Waals surface area (Å²) < 4.78 is 27.6. The van der Waals surface area contributed by atoms with E-state index in [-0.39, 0.29) is 12.3 Å². The Kier molecular flexibility index (Phi) is 7.67. The minimum absolute atomic E-state index is 0.0298. The van der Waals surface area contributed by atoms with Gasteiger partial charge in [0.2, 0.25) is 5.88 Å². The van der Waals surface area contributed by atoms with Crippen molar-refractivity contribution in [2.75, 3.05) is 13.7 Å². The second-order valence-corrected chi connectivity index (χ2v) is 9.53. The van der Waals surface area contributed by atoms with Gasteiger partial charge >= 0.3 is 0 Å². The van der Waals surface area contributed by atoms with Gasteiger partial charge in [-0.15, -0.1) is 0 Å². The molecule has 0 aliphatic rings. The number of hydrogen-bond acceptors (Lipinski definition) is 4. The van der Waals surface area contributed by atoms with Gasteiger partial charge < -0.3 is 14.0 Å². The highest BCUT2D eigenvalue weighted by molar-refractivity contribution is 5.77. The topological polar surface area (TPSA) is 53.5 Å². The molecule has 2 aromatic heterocycles. The number of ether oxygens (including phenoxy) is 2. The highest BCUT2D eigenvalue weighted by Crippen LogP contribution is 2.27. The van der Waals surface area contributed by atoms with Crippen molar-refractivity contribution in [2.45, 2.75) is 33.4 Å². The standard InChI is InChI=1S/C32H29FN4O2/c1-21-8-13-29-30(16-21)37(14-15-38-4)31(35-29)18-23-9-12-26(22(2)17-23)28-6-5-7-32(36-28)39-20-24-10-11-25(34-3)19-27(24)33/h5-13,16-17,19H,14-15,18,20H2,1-2,4H3. The van der Waals surface area contributed by atoms with E-state index >= 15 is 0 Å². The Morgan fingerprint density at radius 3 is 2.62 bits per heavy atom. The molecule has 39 heavy (non-hydrogen) atoms. The van der Waals surface area contributed by atoms with Crippen LogP contribution in [0.15, 0.2) is 72.8 Å². The second kappa shape index (κ2) is 11.5. The maximum atomic E-state index is 14.2. The van der Waals surface area contributed by atoms with Gasteiger partial charge in [-0.05, 0) is 54.8 Å². The second-order valence-electron chi connectivity index (χ2n) is 9.53. The van der Waals surface area contributed by atoms with E-state index in [4.69, 9.17) is 21.0 Å². The van der Waals surface area contributed by atoms with Crippen LogP contribution in [0.4, 0.5) is 10.1 Å². The Morgan fingerprint density at radius 1 is 0.974 bits per heavy atom. The maximum Gasteiger partial charge on any atom is 0.214 e. The first-order valence-corrected chi connectivity index (χ1v) is 12.8. The molecular formula is C32H29FN4O2. The lowest BCUT2D eigenvalue weighted by atomic mass is 10.0. The van der Waals surface area contributed by atoms with Crippen molar-refractivity contribution in [3.63, 3.8) is 0 Å². The molecule has 6 nitrogen and oxygen atoms in total. The number of methoxy groups -OCH3 is 1. The van der Waals surface area contributed by atoms with Gasteiger partial charge in [-0.25, -0.2) is 19.2 Å². The van der Waals surface area contributed by atoms with Gasteiger partial charge in [-0.1, -0.05) is 42.5 Å². The van der Waals surface area contributed by atoms with Gasteiger partial charge in [-0.3, -0.25) is 0 Å². The minimum Gasteiger partial charge on any atom is -0.473 e. The van der Waals surface area contributed by atoms with Crippen LogP contribution in [0.5, 0.6) is 5.88 Å². The molecule has 7 heteroatoms. The van der Waals surface area contributed by atoms with Crippen LogP contribution in [0.3, 0.4) is 0 Å². The van der Waals surface area contributed by atoms with Gasteiger partial charge in [0.15, 0.2) is 5.69 Å². The smallest absolute Gasteiger partial charge is 0.214 e. The predicted molar refractivity (Wildman–Crippen MR) is 151 cm³/mol. The fourth-order valence-electron chi connectivity index (χ4n) is 4.68. The molecule has 0 saturated heterocycles. The summed E-state index contributed by atoms with van der Waals surface area (Å²) in [5, 5.41) is 0. The number of imidazole rings is 1. The van der Waals surface area contributed by atoms with E-state index in [2.05, 4.69) is 64.6 Å². The summed E-state index contributed by atoms with van der Waals surface area (Å²) in [4.78, 5) is 12.8. The lowest BCUT2D eigenvalue weighted by Crippen LogP contribution is -2.09. The first-order valence-electron chi connectivity index (χ1n) is 12.8. The molecule has 0 fully saturated rings. The third kappa shape index (κ3) is 5.82. The minimum atomic E-state index is -0.461. The number of pyridine rings is 1. The zero-order valence-electron chi connectivity index (χ0n) is 22.2. The van der Waals surface area contributed by atoms with Crippen molar-refractivity contribution < 1.29 is 13.9 Å². The highest BCUT2D eigenvalue weighted by Gasteiger charge is 2.13. The van der Waals surface area contributed by atoms with Crippen molar-refractivity contribution >= 4 is 16.7 Å². The molecule has 3 aromatic carbocycles. The summed E-state index contributed by atoms with van der Waals surface area (Å²) in [6.07, 6.45) is 0.701. The zero-order chi connectivity index (χ0) is 27.4. The molecule has 0 radical (unpaired) electrons. The van der Waals surface area contributed by atoms with E-state index in [0.29, 0.717) is 24.5 Å². The Bertz CT molecular complexity index is 1690. The molecular weight excluding hydrogens is 491 g/mol. The van der Waals surface area contributed by atoms with Crippen LogP contribution in [-0.2, 0) is 24.3 Å². The van der Waals surface area contributed by atoms with Crippen LogP contribution >= 0.6 is 0 Å². The average Bonchev–Trinajstić information content (AvgIpc) is 3.27. The van der Waals surface area contributed by atoms with Gasteiger partial charge in [0, 0.05) is 37.3 Å². The molecule has 196 valence electrons. The third-order valence-electron chi connectivity index (χ3n) is 6.70. The van der Waals surface area contributed by atoms with Crippen LogP contribution in [0.1, 0.15) is 28.1 Å². The largest absolute Gasteiger partial charge is 0.473 e. The van der Waals surface area contributed by atoms with Crippen LogP contribution in [-0.4, -0.2) is 28.3 Å². The molecule has 0 spiro atoms. The lowest BCUT2D eigenvalue weighted by Gasteiger charge is -2.12. The Balaban J connectivity index is 1.35. The van der Waals surface area contributed by atoms with Crippen LogP contribution in [0.25, 0.3) is 27.1 Å². The summed E-state index contributed by atoms with van der Waals surface area (Å²) in [6, 6.07) is 22.6. The van der Waals surface area contributed by atoms with Crippen molar-refractivity contribution in [3.8, 4) is 17.1 Å². The SMILES string of the molecule is [C-]#[N+]c1ccc(COc2cccc(-c3ccc(Cc4nc5ccc(C)cc5n4CCOC)cc3C)n2)c(F)c1. The molecule has 0 N–H and O–H groups in total. The Labute approximate surface area is 227 Å². The maximum absolute atomic E-state index is 14.2. The van der Waals surface area contributed by atoms with E-state index < -0.39 is 5.82 Å². The molecule has 0 aliphatic carbocycles. The Morgan fingerprint density at radius 2 is 1.85 bits per heavy atom. The van der Waals surface area contributed by atoms with E-state index in [9.17, 15) is 4.39 Å². The molecule has 0 atom stereocenters. The first kappa shape index (κ1) is 26.1. The molecule has 5 aromatic rings. The van der Waals surface area contributed by atoms with Gasteiger partial charge in [0.1, 0.15) is 18.2 Å². The normalized spacial score (nSPS) is 11.1. The van der Waals surface area contributed by atoms with Gasteiger partial charge in [0.05, 0.1) is 29.9 Å². The summed E-state index contributed by atoms with van der Waals surface area (Å²) in [7, 11) is 1.71. The number of hydrogen-bond donors (Lipinski definition) is 0. The fourth-order valence-corrected chi connectivity index (χ4v) is 4.68. The zero-order valence-corrected chi connectivity index (χ0v) is 22.2. The van der Waals surface area contributed by atoms with Gasteiger partial charge in [-0.2, -0.15) is 0 Å². The predicted octanol–water partition coefficient (Wildman–Crippen LogP) is 7.22. The van der Waals surface area contributed by atoms with E-state index in [1.807, 2.05) is 12.1 Å². The molecule has 5 rings (SSSR count). The quantitative estimate of drug-likeness (QED) is 0.193. The summed E-state index contributed by atoms with van der Waals surface area (Å²) in [5.74, 6) is 0.953. The average molecular weight is 521 g/mol. The molecule has 0 saturated carbocycles. The van der Waals surface area contributed by atoms with Crippen LogP contribution < -0.4 is 4.74 Å². The number of nitrogens with zero attached hydrogens (tertiary/aromatic N) is 4. The molecule has 0 amide bonds. The molecule has 0 aliphatic heterocycles. The Hall–Kier alpha value is -4.54. The van der Waals surface area contributed by atoms with Crippen molar-refractivity contribution in [1.82, 2.24) is 14.5 Å². The summed E-state index contributed by atoms with van der Waals surface area (Å²) >= 11 is 0. The van der Waals surface area contributed by atoms with Crippen molar-refractivity contribution in [2.24, 2.45) is 0 Å². The highest BCUT2D eigenvalue weighted by atomic mass is 19.1. The number of halogens is 1. The van der Waals surface area contributed by atoms with E-state index in [1.54, 1.807) is 25.3 Å². The number of rotatable bonds is 9. The molecule has 0 bridgehead atoms. The van der Waals surface area contributed by atoms with E-state index in [0.717, 1.165) is 45.8 Å². The summed E-state index contributed by atoms with van der Waals surface area (Å²) in [6.45, 7) is 12.6. The number of benzene rings is 3. The molecule has 2 heterocycles. The van der Waals surface area contributed by atoms with Crippen LogP contribution in [0, 0.1) is 26.2 Å². The fraction of sp³-hybridized carbons (Fsp3) is 0.219. The van der Waals surface area contributed by atoms with Crippen LogP contribution in [0.2, 0.25) is 0 Å². The van der Waals surface area contributed by atoms with Crippen molar-refractivity contribution in [1.29, 1.82) is 0 Å². The molecule has 0 unspecified atom stereocenters. The lowest BCUT2D eigenvalue weighted by molar-refractivity contribution is 0.187.